The van der Waals surface area contributed by atoms with Crippen molar-refractivity contribution in [3.05, 3.63) is 12.2 Å². The lowest BCUT2D eigenvalue weighted by atomic mass is 10.2. The molecule has 0 aromatic rings. The molecule has 3 atom stereocenters. The van der Waals surface area contributed by atoms with Crippen LogP contribution in [0, 0.1) is 17.8 Å². The summed E-state index contributed by atoms with van der Waals surface area (Å²) in [5.41, 5.74) is 0. The molecule has 0 saturated heterocycles. The van der Waals surface area contributed by atoms with Gasteiger partial charge in [0.05, 0.1) is 12.5 Å². The van der Waals surface area contributed by atoms with Crippen LogP contribution in [0.1, 0.15) is 6.92 Å². The van der Waals surface area contributed by atoms with E-state index >= 15 is 0 Å². The second-order valence-electron chi connectivity index (χ2n) is 3.14. The van der Waals surface area contributed by atoms with Gasteiger partial charge >= 0.3 is 5.97 Å². The Hall–Kier alpha value is -1.12. The molecular weight excluding hydrogens is 156 g/mol. The van der Waals surface area contributed by atoms with Crippen molar-refractivity contribution in [1.29, 1.82) is 0 Å². The second-order valence-corrected chi connectivity index (χ2v) is 3.14. The standard InChI is InChI=1S/C9H10O3/c1-2-12-9(11)8-5-3-4-6(10)7(5)8/h3-5,7-8H,2H2,1H3/t5-,7-,8+/m0/s1. The fraction of sp³-hybridized carbons (Fsp3) is 0.556. The second kappa shape index (κ2) is 2.44. The van der Waals surface area contributed by atoms with E-state index in [1.165, 1.54) is 0 Å². The van der Waals surface area contributed by atoms with Crippen molar-refractivity contribution in [2.45, 2.75) is 6.92 Å². The Labute approximate surface area is 70.4 Å². The molecule has 0 radical (unpaired) electrons. The van der Waals surface area contributed by atoms with Crippen molar-refractivity contribution in [1.82, 2.24) is 0 Å². The first-order valence-corrected chi connectivity index (χ1v) is 4.14. The number of rotatable bonds is 2. The Bertz CT molecular complexity index is 267. The molecule has 2 aliphatic rings. The maximum absolute atomic E-state index is 11.2. The van der Waals surface area contributed by atoms with Crippen LogP contribution in [0.15, 0.2) is 12.2 Å². The lowest BCUT2D eigenvalue weighted by Gasteiger charge is -1.99. The molecule has 1 saturated carbocycles. The topological polar surface area (TPSA) is 43.4 Å². The third-order valence-corrected chi connectivity index (χ3v) is 2.45. The van der Waals surface area contributed by atoms with Crippen molar-refractivity contribution in [2.24, 2.45) is 17.8 Å². The Kier molecular flexibility index (Phi) is 1.53. The van der Waals surface area contributed by atoms with Crippen molar-refractivity contribution in [3.63, 3.8) is 0 Å². The molecule has 2 rings (SSSR count). The number of hydrogen-bond acceptors (Lipinski definition) is 3. The van der Waals surface area contributed by atoms with Crippen molar-refractivity contribution in [3.8, 4) is 0 Å². The molecular formula is C9H10O3. The highest BCUT2D eigenvalue weighted by Gasteiger charge is 2.60. The van der Waals surface area contributed by atoms with E-state index in [1.807, 2.05) is 6.08 Å². The van der Waals surface area contributed by atoms with E-state index < -0.39 is 0 Å². The minimum Gasteiger partial charge on any atom is -0.466 e. The van der Waals surface area contributed by atoms with E-state index in [1.54, 1.807) is 13.0 Å². The summed E-state index contributed by atoms with van der Waals surface area (Å²) in [6.45, 7) is 2.17. The van der Waals surface area contributed by atoms with E-state index in [4.69, 9.17) is 4.74 Å². The van der Waals surface area contributed by atoms with Gasteiger partial charge in [-0.15, -0.1) is 0 Å². The first kappa shape index (κ1) is 7.53. The zero-order chi connectivity index (χ0) is 8.72. The van der Waals surface area contributed by atoms with Gasteiger partial charge in [-0.2, -0.15) is 0 Å². The van der Waals surface area contributed by atoms with E-state index in [-0.39, 0.29) is 29.5 Å². The molecule has 0 spiro atoms. The van der Waals surface area contributed by atoms with Gasteiger partial charge < -0.3 is 4.74 Å². The van der Waals surface area contributed by atoms with Crippen molar-refractivity contribution >= 4 is 11.8 Å². The number of hydrogen-bond donors (Lipinski definition) is 0. The van der Waals surface area contributed by atoms with Gasteiger partial charge in [-0.25, -0.2) is 0 Å². The van der Waals surface area contributed by atoms with E-state index in [9.17, 15) is 9.59 Å². The SMILES string of the molecule is CCOC(=O)[C@@H]1[C@H]2C=CC(=O)[C@H]21. The number of carbonyl (C=O) groups excluding carboxylic acids is 2. The molecule has 12 heavy (non-hydrogen) atoms. The maximum atomic E-state index is 11.2. The van der Waals surface area contributed by atoms with E-state index in [2.05, 4.69) is 0 Å². The Morgan fingerprint density at radius 3 is 2.92 bits per heavy atom. The summed E-state index contributed by atoms with van der Waals surface area (Å²) in [6, 6.07) is 0. The van der Waals surface area contributed by atoms with Crippen LogP contribution in [0.3, 0.4) is 0 Å². The summed E-state index contributed by atoms with van der Waals surface area (Å²) in [4.78, 5) is 22.2. The molecule has 0 amide bonds. The third kappa shape index (κ3) is 0.891. The van der Waals surface area contributed by atoms with Crippen LogP contribution in [0.25, 0.3) is 0 Å². The highest BCUT2D eigenvalue weighted by atomic mass is 16.5. The summed E-state index contributed by atoms with van der Waals surface area (Å²) in [7, 11) is 0. The van der Waals surface area contributed by atoms with Gasteiger partial charge in [0.15, 0.2) is 5.78 Å². The van der Waals surface area contributed by atoms with Crippen LogP contribution < -0.4 is 0 Å². The normalized spacial score (nSPS) is 36.4. The first-order valence-electron chi connectivity index (χ1n) is 4.14. The lowest BCUT2D eigenvalue weighted by Crippen LogP contribution is -2.11. The number of ketones is 1. The molecule has 64 valence electrons. The van der Waals surface area contributed by atoms with Crippen LogP contribution in [0.2, 0.25) is 0 Å². The fourth-order valence-electron chi connectivity index (χ4n) is 1.80. The number of allylic oxidation sites excluding steroid dienone is 2. The van der Waals surface area contributed by atoms with Gasteiger partial charge in [0.25, 0.3) is 0 Å². The zero-order valence-electron chi connectivity index (χ0n) is 6.82. The molecule has 3 nitrogen and oxygen atoms in total. The average molecular weight is 166 g/mol. The Morgan fingerprint density at radius 1 is 1.67 bits per heavy atom. The molecule has 1 fully saturated rings. The van der Waals surface area contributed by atoms with Gasteiger partial charge in [-0.05, 0) is 13.0 Å². The minimum absolute atomic E-state index is 0.0796. The van der Waals surface area contributed by atoms with Crippen molar-refractivity contribution < 1.29 is 14.3 Å². The highest BCUT2D eigenvalue weighted by Crippen LogP contribution is 2.52. The summed E-state index contributed by atoms with van der Waals surface area (Å²) < 4.78 is 4.83. The zero-order valence-corrected chi connectivity index (χ0v) is 6.82. The molecule has 0 aromatic carbocycles. The number of esters is 1. The number of ether oxygens (including phenoxy) is 1. The lowest BCUT2D eigenvalue weighted by molar-refractivity contribution is -0.145. The van der Waals surface area contributed by atoms with Gasteiger partial charge in [0.1, 0.15) is 0 Å². The van der Waals surface area contributed by atoms with Crippen LogP contribution in [-0.2, 0) is 14.3 Å². The largest absolute Gasteiger partial charge is 0.466 e. The van der Waals surface area contributed by atoms with Crippen LogP contribution >= 0.6 is 0 Å². The van der Waals surface area contributed by atoms with Crippen LogP contribution in [0.5, 0.6) is 0 Å². The summed E-state index contributed by atoms with van der Waals surface area (Å²) >= 11 is 0. The Morgan fingerprint density at radius 2 is 2.42 bits per heavy atom. The van der Waals surface area contributed by atoms with Gasteiger partial charge in [0, 0.05) is 11.8 Å². The van der Waals surface area contributed by atoms with E-state index in [0.29, 0.717) is 6.61 Å². The molecule has 0 bridgehead atoms. The summed E-state index contributed by atoms with van der Waals surface area (Å²) in [5.74, 6) is -0.230. The molecule has 0 aliphatic heterocycles. The highest BCUT2D eigenvalue weighted by molar-refractivity contribution is 6.02. The smallest absolute Gasteiger partial charge is 0.310 e. The average Bonchev–Trinajstić information content (AvgIpc) is 2.65. The number of fused-ring (bicyclic) bond motifs is 1. The molecule has 0 aromatic heterocycles. The summed E-state index contributed by atoms with van der Waals surface area (Å²) in [6.07, 6.45) is 3.37. The van der Waals surface area contributed by atoms with E-state index in [0.717, 1.165) is 0 Å². The Balaban J connectivity index is 1.99. The van der Waals surface area contributed by atoms with Gasteiger partial charge in [-0.3, -0.25) is 9.59 Å². The predicted molar refractivity (Wildman–Crippen MR) is 41.3 cm³/mol. The molecule has 3 heteroatoms. The number of carbonyl (C=O) groups is 2. The van der Waals surface area contributed by atoms with Gasteiger partial charge in [0.2, 0.25) is 0 Å². The quantitative estimate of drug-likeness (QED) is 0.563. The molecule has 0 unspecified atom stereocenters. The monoisotopic (exact) mass is 166 g/mol. The molecule has 0 N–H and O–H groups in total. The molecule has 0 heterocycles. The third-order valence-electron chi connectivity index (χ3n) is 2.45. The van der Waals surface area contributed by atoms with Crippen molar-refractivity contribution in [2.75, 3.05) is 6.61 Å². The first-order chi connectivity index (χ1) is 5.75. The van der Waals surface area contributed by atoms with Crippen LogP contribution in [-0.4, -0.2) is 18.4 Å². The van der Waals surface area contributed by atoms with Crippen LogP contribution in [0.4, 0.5) is 0 Å². The fourth-order valence-corrected chi connectivity index (χ4v) is 1.80. The maximum Gasteiger partial charge on any atom is 0.310 e. The predicted octanol–water partition coefficient (Wildman–Crippen LogP) is 0.551. The minimum atomic E-state index is -0.217. The summed E-state index contributed by atoms with van der Waals surface area (Å²) in [5, 5.41) is 0. The van der Waals surface area contributed by atoms with Gasteiger partial charge in [-0.1, -0.05) is 6.08 Å². The molecule has 2 aliphatic carbocycles.